The molecule has 2 fully saturated rings. The highest BCUT2D eigenvalue weighted by atomic mass is 16.4. The number of carbonyl (C=O) groups excluding carboxylic acids is 1. The van der Waals surface area contributed by atoms with Crippen LogP contribution in [0.4, 0.5) is 0 Å². The normalized spacial score (nSPS) is 34.0. The zero-order valence-electron chi connectivity index (χ0n) is 11.6. The van der Waals surface area contributed by atoms with Gasteiger partial charge in [-0.05, 0) is 25.2 Å². The summed E-state index contributed by atoms with van der Waals surface area (Å²) in [6.45, 7) is 2.42. The Morgan fingerprint density at radius 2 is 1.60 bits per heavy atom. The average Bonchev–Trinajstić information content (AvgIpc) is 2.83. The number of carboxylic acids is 2. The van der Waals surface area contributed by atoms with Gasteiger partial charge in [0.15, 0.2) is 0 Å². The van der Waals surface area contributed by atoms with Gasteiger partial charge >= 0.3 is 11.9 Å². The van der Waals surface area contributed by atoms with Crippen LogP contribution in [0.3, 0.4) is 0 Å². The van der Waals surface area contributed by atoms with Crippen LogP contribution >= 0.6 is 0 Å². The minimum Gasteiger partial charge on any atom is -0.481 e. The standard InChI is InChI=1S/C14H21NO5/c1-8-3-2-4-9(8)12(16)15-6-5-10(13(17)18)11(7-15)14(19)20/h8-11H,2-7H2,1H3,(H,17,18)(H,19,20). The van der Waals surface area contributed by atoms with E-state index in [1.165, 1.54) is 0 Å². The van der Waals surface area contributed by atoms with Crippen LogP contribution in [-0.2, 0) is 14.4 Å². The molecule has 4 atom stereocenters. The van der Waals surface area contributed by atoms with Gasteiger partial charge in [-0.3, -0.25) is 14.4 Å². The molecule has 0 aromatic carbocycles. The van der Waals surface area contributed by atoms with E-state index in [4.69, 9.17) is 5.11 Å². The molecular formula is C14H21NO5. The van der Waals surface area contributed by atoms with Crippen molar-refractivity contribution < 1.29 is 24.6 Å². The van der Waals surface area contributed by atoms with Crippen molar-refractivity contribution in [2.45, 2.75) is 32.6 Å². The van der Waals surface area contributed by atoms with E-state index in [2.05, 4.69) is 0 Å². The van der Waals surface area contributed by atoms with E-state index in [9.17, 15) is 19.5 Å². The summed E-state index contributed by atoms with van der Waals surface area (Å²) in [5.41, 5.74) is 0. The summed E-state index contributed by atoms with van der Waals surface area (Å²) in [7, 11) is 0. The van der Waals surface area contributed by atoms with Crippen LogP contribution in [0.15, 0.2) is 0 Å². The lowest BCUT2D eigenvalue weighted by atomic mass is 9.84. The molecule has 1 heterocycles. The number of carbonyl (C=O) groups is 3. The van der Waals surface area contributed by atoms with Crippen LogP contribution in [0.1, 0.15) is 32.6 Å². The molecule has 2 N–H and O–H groups in total. The number of amides is 1. The molecule has 1 aliphatic heterocycles. The van der Waals surface area contributed by atoms with Crippen LogP contribution in [0, 0.1) is 23.7 Å². The molecule has 1 saturated heterocycles. The van der Waals surface area contributed by atoms with E-state index < -0.39 is 23.8 Å². The first-order valence-electron chi connectivity index (χ1n) is 7.16. The lowest BCUT2D eigenvalue weighted by Gasteiger charge is -2.36. The molecule has 0 aromatic heterocycles. The molecule has 4 unspecified atom stereocenters. The maximum atomic E-state index is 12.4. The van der Waals surface area contributed by atoms with Gasteiger partial charge in [-0.2, -0.15) is 0 Å². The molecule has 1 amide bonds. The summed E-state index contributed by atoms with van der Waals surface area (Å²) in [5, 5.41) is 18.2. The summed E-state index contributed by atoms with van der Waals surface area (Å²) in [6.07, 6.45) is 3.14. The molecule has 0 aromatic rings. The minimum absolute atomic E-state index is 0.00471. The molecule has 0 bridgehead atoms. The fraction of sp³-hybridized carbons (Fsp3) is 0.786. The fourth-order valence-corrected chi connectivity index (χ4v) is 3.44. The highest BCUT2D eigenvalue weighted by Gasteiger charge is 2.42. The third-order valence-corrected chi connectivity index (χ3v) is 4.74. The second-order valence-corrected chi connectivity index (χ2v) is 5.98. The monoisotopic (exact) mass is 283 g/mol. The summed E-state index contributed by atoms with van der Waals surface area (Å²) >= 11 is 0. The molecule has 1 aliphatic carbocycles. The fourth-order valence-electron chi connectivity index (χ4n) is 3.44. The summed E-state index contributed by atoms with van der Waals surface area (Å²) in [6, 6.07) is 0. The van der Waals surface area contributed by atoms with Gasteiger partial charge in [0.1, 0.15) is 0 Å². The van der Waals surface area contributed by atoms with E-state index in [1.54, 1.807) is 4.90 Å². The zero-order chi connectivity index (χ0) is 14.9. The lowest BCUT2D eigenvalue weighted by molar-refractivity contribution is -0.160. The van der Waals surface area contributed by atoms with Crippen molar-refractivity contribution in [3.8, 4) is 0 Å². The Morgan fingerprint density at radius 3 is 2.10 bits per heavy atom. The van der Waals surface area contributed by atoms with Gasteiger partial charge in [0, 0.05) is 19.0 Å². The lowest BCUT2D eigenvalue weighted by Crippen LogP contribution is -2.50. The molecular weight excluding hydrogens is 262 g/mol. The topological polar surface area (TPSA) is 94.9 Å². The summed E-state index contributed by atoms with van der Waals surface area (Å²) < 4.78 is 0. The third-order valence-electron chi connectivity index (χ3n) is 4.74. The Kier molecular flexibility index (Phi) is 4.30. The largest absolute Gasteiger partial charge is 0.481 e. The second-order valence-electron chi connectivity index (χ2n) is 5.98. The number of piperidine rings is 1. The third kappa shape index (κ3) is 2.78. The van der Waals surface area contributed by atoms with Gasteiger partial charge in [-0.15, -0.1) is 0 Å². The Labute approximate surface area is 117 Å². The number of carboxylic acid groups (broad SMARTS) is 2. The van der Waals surface area contributed by atoms with Crippen LogP contribution in [0.25, 0.3) is 0 Å². The molecule has 6 nitrogen and oxygen atoms in total. The van der Waals surface area contributed by atoms with Crippen LogP contribution in [-0.4, -0.2) is 46.0 Å². The van der Waals surface area contributed by atoms with Gasteiger partial charge in [0.2, 0.25) is 5.91 Å². The predicted octanol–water partition coefficient (Wildman–Crippen LogP) is 1.06. The Balaban J connectivity index is 2.06. The van der Waals surface area contributed by atoms with E-state index >= 15 is 0 Å². The van der Waals surface area contributed by atoms with Gasteiger partial charge in [0.25, 0.3) is 0 Å². The van der Waals surface area contributed by atoms with E-state index in [1.807, 2.05) is 6.92 Å². The van der Waals surface area contributed by atoms with Crippen molar-refractivity contribution in [2.24, 2.45) is 23.7 Å². The molecule has 2 rings (SSSR count). The van der Waals surface area contributed by atoms with E-state index in [-0.39, 0.29) is 24.8 Å². The maximum absolute atomic E-state index is 12.4. The Morgan fingerprint density at radius 1 is 0.950 bits per heavy atom. The average molecular weight is 283 g/mol. The molecule has 2 aliphatic rings. The Bertz CT molecular complexity index is 422. The van der Waals surface area contributed by atoms with Gasteiger partial charge in [-0.25, -0.2) is 0 Å². The first-order chi connectivity index (χ1) is 9.41. The van der Waals surface area contributed by atoms with E-state index in [0.29, 0.717) is 12.5 Å². The summed E-state index contributed by atoms with van der Waals surface area (Å²) in [4.78, 5) is 36.3. The highest BCUT2D eigenvalue weighted by Crippen LogP contribution is 2.34. The predicted molar refractivity (Wildman–Crippen MR) is 70.0 cm³/mol. The van der Waals surface area contributed by atoms with Crippen LogP contribution in [0.5, 0.6) is 0 Å². The minimum atomic E-state index is -1.13. The maximum Gasteiger partial charge on any atom is 0.309 e. The molecule has 0 radical (unpaired) electrons. The number of nitrogens with zero attached hydrogens (tertiary/aromatic N) is 1. The zero-order valence-corrected chi connectivity index (χ0v) is 11.6. The van der Waals surface area contributed by atoms with Crippen molar-refractivity contribution in [3.05, 3.63) is 0 Å². The molecule has 6 heteroatoms. The van der Waals surface area contributed by atoms with Gasteiger partial charge < -0.3 is 15.1 Å². The van der Waals surface area contributed by atoms with Crippen molar-refractivity contribution in [3.63, 3.8) is 0 Å². The van der Waals surface area contributed by atoms with Crippen molar-refractivity contribution in [2.75, 3.05) is 13.1 Å². The first kappa shape index (κ1) is 14.8. The quantitative estimate of drug-likeness (QED) is 0.807. The molecule has 0 spiro atoms. The number of likely N-dealkylation sites (tertiary alicyclic amines) is 1. The van der Waals surface area contributed by atoms with Crippen LogP contribution in [0.2, 0.25) is 0 Å². The molecule has 112 valence electrons. The SMILES string of the molecule is CC1CCCC1C(=O)N1CCC(C(=O)O)C(C(=O)O)C1. The number of hydrogen-bond donors (Lipinski definition) is 2. The summed E-state index contributed by atoms with van der Waals surface area (Å²) in [5.74, 6) is -3.79. The van der Waals surface area contributed by atoms with Gasteiger partial charge in [0.05, 0.1) is 11.8 Å². The van der Waals surface area contributed by atoms with Gasteiger partial charge in [-0.1, -0.05) is 13.3 Å². The Hall–Kier alpha value is -1.59. The van der Waals surface area contributed by atoms with Crippen LogP contribution < -0.4 is 0 Å². The second kappa shape index (κ2) is 5.81. The van der Waals surface area contributed by atoms with Crippen molar-refractivity contribution >= 4 is 17.8 Å². The molecule has 20 heavy (non-hydrogen) atoms. The number of hydrogen-bond acceptors (Lipinski definition) is 3. The molecule has 1 saturated carbocycles. The first-order valence-corrected chi connectivity index (χ1v) is 7.16. The number of aliphatic carboxylic acids is 2. The van der Waals surface area contributed by atoms with Crippen molar-refractivity contribution in [1.29, 1.82) is 0 Å². The number of rotatable bonds is 3. The highest BCUT2D eigenvalue weighted by molar-refractivity contribution is 5.83. The smallest absolute Gasteiger partial charge is 0.309 e. The van der Waals surface area contributed by atoms with E-state index in [0.717, 1.165) is 19.3 Å². The van der Waals surface area contributed by atoms with Crippen molar-refractivity contribution in [1.82, 2.24) is 4.90 Å².